The van der Waals surface area contributed by atoms with E-state index in [2.05, 4.69) is 15.0 Å². The summed E-state index contributed by atoms with van der Waals surface area (Å²) in [6, 6.07) is 8.23. The normalized spacial score (nSPS) is 11.0. The average molecular weight is 362 g/mol. The third kappa shape index (κ3) is 5.84. The van der Waals surface area contributed by atoms with Crippen LogP contribution in [-0.4, -0.2) is 24.1 Å². The van der Waals surface area contributed by atoms with Crippen LogP contribution in [-0.2, 0) is 11.3 Å². The van der Waals surface area contributed by atoms with Crippen molar-refractivity contribution >= 4 is 12.0 Å². The number of nitrogens with one attached hydrogen (secondary N) is 1. The minimum atomic E-state index is -2.93. The number of aryl methyl sites for hydroxylation is 1. The quantitative estimate of drug-likeness (QED) is 0.727. The maximum absolute atomic E-state index is 12.4. The molecule has 0 fully saturated rings. The molecule has 0 saturated heterocycles. The van der Waals surface area contributed by atoms with Gasteiger partial charge >= 0.3 is 6.61 Å². The lowest BCUT2D eigenvalue weighted by atomic mass is 10.2. The molecule has 138 valence electrons. The van der Waals surface area contributed by atoms with Crippen molar-refractivity contribution in [2.45, 2.75) is 27.0 Å². The van der Waals surface area contributed by atoms with Crippen LogP contribution in [0.15, 0.2) is 42.6 Å². The summed E-state index contributed by atoms with van der Waals surface area (Å²) >= 11 is 0. The molecular weight excluding hydrogens is 342 g/mol. The lowest BCUT2D eigenvalue weighted by Crippen LogP contribution is -2.21. The molecule has 0 unspecified atom stereocenters. The number of halogens is 2. The predicted molar refractivity (Wildman–Crippen MR) is 94.1 cm³/mol. The summed E-state index contributed by atoms with van der Waals surface area (Å²) in [4.78, 5) is 16.1. The highest BCUT2D eigenvalue weighted by Crippen LogP contribution is 2.30. The molecule has 0 aliphatic carbocycles. The predicted octanol–water partition coefficient (Wildman–Crippen LogP) is 3.72. The number of rotatable bonds is 8. The van der Waals surface area contributed by atoms with Gasteiger partial charge in [0.15, 0.2) is 11.5 Å². The number of pyridine rings is 1. The molecule has 0 aliphatic heterocycles. The van der Waals surface area contributed by atoms with E-state index in [1.165, 1.54) is 18.2 Å². The Labute approximate surface area is 150 Å². The van der Waals surface area contributed by atoms with Crippen molar-refractivity contribution in [3.63, 3.8) is 0 Å². The third-order valence-electron chi connectivity index (χ3n) is 3.46. The van der Waals surface area contributed by atoms with Crippen LogP contribution >= 0.6 is 0 Å². The Balaban J connectivity index is 2.01. The van der Waals surface area contributed by atoms with E-state index in [1.807, 2.05) is 19.1 Å². The summed E-state index contributed by atoms with van der Waals surface area (Å²) in [7, 11) is 0. The molecule has 26 heavy (non-hydrogen) atoms. The molecule has 1 N–H and O–H groups in total. The summed E-state index contributed by atoms with van der Waals surface area (Å²) in [6.07, 6.45) is 4.59. The maximum atomic E-state index is 12.4. The van der Waals surface area contributed by atoms with Crippen LogP contribution in [0.4, 0.5) is 8.78 Å². The van der Waals surface area contributed by atoms with Crippen molar-refractivity contribution in [2.24, 2.45) is 0 Å². The standard InChI is InChI=1S/C19H20F2N2O3/c1-3-25-17-11-14(6-8-16(17)26-19(20)21)7-9-18(24)23-12-15-13(2)5-4-10-22-15/h4-11,19H,3,12H2,1-2H3,(H,23,24). The second kappa shape index (κ2) is 9.50. The zero-order chi connectivity index (χ0) is 18.9. The van der Waals surface area contributed by atoms with Crippen LogP contribution in [0.25, 0.3) is 6.08 Å². The average Bonchev–Trinajstić information content (AvgIpc) is 2.61. The number of hydrogen-bond donors (Lipinski definition) is 1. The zero-order valence-corrected chi connectivity index (χ0v) is 14.5. The Morgan fingerprint density at radius 3 is 2.81 bits per heavy atom. The Hall–Kier alpha value is -2.96. The minimum absolute atomic E-state index is 0.0471. The lowest BCUT2D eigenvalue weighted by Gasteiger charge is -2.11. The molecule has 5 nitrogen and oxygen atoms in total. The number of hydrogen-bond acceptors (Lipinski definition) is 4. The maximum Gasteiger partial charge on any atom is 0.387 e. The van der Waals surface area contributed by atoms with E-state index in [4.69, 9.17) is 4.74 Å². The Kier molecular flexibility index (Phi) is 7.08. The van der Waals surface area contributed by atoms with Gasteiger partial charge in [-0.15, -0.1) is 0 Å². The number of carbonyl (C=O) groups excluding carboxylic acids is 1. The molecule has 1 amide bonds. The van der Waals surface area contributed by atoms with Gasteiger partial charge in [-0.05, 0) is 49.2 Å². The van der Waals surface area contributed by atoms with Gasteiger partial charge in [-0.2, -0.15) is 8.78 Å². The number of benzene rings is 1. The van der Waals surface area contributed by atoms with Gasteiger partial charge in [0.2, 0.25) is 5.91 Å². The molecule has 0 aliphatic rings. The van der Waals surface area contributed by atoms with Crippen molar-refractivity contribution in [1.82, 2.24) is 10.3 Å². The lowest BCUT2D eigenvalue weighted by molar-refractivity contribution is -0.116. The van der Waals surface area contributed by atoms with Gasteiger partial charge in [-0.1, -0.05) is 12.1 Å². The monoisotopic (exact) mass is 362 g/mol. The Bertz CT molecular complexity index is 779. The Morgan fingerprint density at radius 1 is 1.31 bits per heavy atom. The number of carbonyl (C=O) groups is 1. The molecule has 0 bridgehead atoms. The smallest absolute Gasteiger partial charge is 0.387 e. The van der Waals surface area contributed by atoms with Gasteiger partial charge in [-0.3, -0.25) is 9.78 Å². The van der Waals surface area contributed by atoms with Crippen LogP contribution in [0.1, 0.15) is 23.7 Å². The van der Waals surface area contributed by atoms with Crippen LogP contribution in [0.3, 0.4) is 0 Å². The molecule has 0 saturated carbocycles. The number of amides is 1. The van der Waals surface area contributed by atoms with Crippen molar-refractivity contribution in [1.29, 1.82) is 0 Å². The van der Waals surface area contributed by atoms with Crippen LogP contribution in [0.2, 0.25) is 0 Å². The van der Waals surface area contributed by atoms with Crippen molar-refractivity contribution < 1.29 is 23.0 Å². The first kappa shape index (κ1) is 19.4. The number of ether oxygens (including phenoxy) is 2. The molecule has 1 aromatic carbocycles. The SMILES string of the molecule is CCOc1cc(C=CC(=O)NCc2ncccc2C)ccc1OC(F)F. The molecule has 7 heteroatoms. The number of aromatic nitrogens is 1. The number of alkyl halides is 2. The van der Waals surface area contributed by atoms with Crippen molar-refractivity contribution in [3.8, 4) is 11.5 Å². The molecule has 0 radical (unpaired) electrons. The highest BCUT2D eigenvalue weighted by molar-refractivity contribution is 5.91. The van der Waals surface area contributed by atoms with Gasteiger partial charge in [0, 0.05) is 12.3 Å². The molecule has 0 atom stereocenters. The first-order valence-electron chi connectivity index (χ1n) is 8.07. The second-order valence-corrected chi connectivity index (χ2v) is 5.34. The summed E-state index contributed by atoms with van der Waals surface area (Å²) in [5.41, 5.74) is 2.41. The number of nitrogens with zero attached hydrogens (tertiary/aromatic N) is 1. The minimum Gasteiger partial charge on any atom is -0.490 e. The van der Waals surface area contributed by atoms with Gasteiger partial charge < -0.3 is 14.8 Å². The zero-order valence-electron chi connectivity index (χ0n) is 14.5. The van der Waals surface area contributed by atoms with Gasteiger partial charge in [0.1, 0.15) is 0 Å². The van der Waals surface area contributed by atoms with E-state index in [0.29, 0.717) is 18.7 Å². The van der Waals surface area contributed by atoms with Gasteiger partial charge in [-0.25, -0.2) is 0 Å². The summed E-state index contributed by atoms with van der Waals surface area (Å²) in [6.45, 7) is 1.35. The molecule has 2 aromatic rings. The molecule has 1 aromatic heterocycles. The van der Waals surface area contributed by atoms with Crippen molar-refractivity contribution in [3.05, 3.63) is 59.4 Å². The van der Waals surface area contributed by atoms with Gasteiger partial charge in [0.05, 0.1) is 18.8 Å². The largest absolute Gasteiger partial charge is 0.490 e. The topological polar surface area (TPSA) is 60.5 Å². The molecule has 2 rings (SSSR count). The summed E-state index contributed by atoms with van der Waals surface area (Å²) < 4.78 is 34.5. The van der Waals surface area contributed by atoms with Gasteiger partial charge in [0.25, 0.3) is 0 Å². The molecule has 0 spiro atoms. The first-order chi connectivity index (χ1) is 12.5. The van der Waals surface area contributed by atoms with E-state index in [0.717, 1.165) is 11.3 Å². The van der Waals surface area contributed by atoms with Crippen LogP contribution in [0, 0.1) is 6.92 Å². The fourth-order valence-electron chi connectivity index (χ4n) is 2.20. The summed E-state index contributed by atoms with van der Waals surface area (Å²) in [5, 5.41) is 2.74. The fourth-order valence-corrected chi connectivity index (χ4v) is 2.20. The highest BCUT2D eigenvalue weighted by atomic mass is 19.3. The van der Waals surface area contributed by atoms with Crippen LogP contribution < -0.4 is 14.8 Å². The fraction of sp³-hybridized carbons (Fsp3) is 0.263. The summed E-state index contributed by atoms with van der Waals surface area (Å²) in [5.74, 6) is -0.144. The van der Waals surface area contributed by atoms with E-state index in [9.17, 15) is 13.6 Å². The highest BCUT2D eigenvalue weighted by Gasteiger charge is 2.11. The van der Waals surface area contributed by atoms with Crippen LogP contribution in [0.5, 0.6) is 11.5 Å². The first-order valence-corrected chi connectivity index (χ1v) is 8.07. The van der Waals surface area contributed by atoms with E-state index in [1.54, 1.807) is 25.3 Å². The third-order valence-corrected chi connectivity index (χ3v) is 3.46. The van der Waals surface area contributed by atoms with Crippen molar-refractivity contribution in [2.75, 3.05) is 6.61 Å². The molecule has 1 heterocycles. The Morgan fingerprint density at radius 2 is 2.12 bits per heavy atom. The molecular formula is C19H20F2N2O3. The second-order valence-electron chi connectivity index (χ2n) is 5.34. The van der Waals surface area contributed by atoms with E-state index >= 15 is 0 Å². The van der Waals surface area contributed by atoms with E-state index < -0.39 is 6.61 Å². The van der Waals surface area contributed by atoms with E-state index in [-0.39, 0.29) is 17.4 Å².